The molecule has 0 spiro atoms. The van der Waals surface area contributed by atoms with Crippen LogP contribution in [0.25, 0.3) is 20.8 Å². The lowest BCUT2D eigenvalue weighted by atomic mass is 10.2. The summed E-state index contributed by atoms with van der Waals surface area (Å²) < 4.78 is 13.9. The number of benzene rings is 2. The summed E-state index contributed by atoms with van der Waals surface area (Å²) >= 11 is 7.27. The number of hydrogen-bond donors (Lipinski definition) is 1. The molecule has 90 valence electrons. The van der Waals surface area contributed by atoms with E-state index in [1.807, 2.05) is 6.07 Å². The molecule has 2 aromatic carbocycles. The Kier molecular flexibility index (Phi) is 2.69. The highest BCUT2D eigenvalue weighted by Gasteiger charge is 2.10. The third-order valence-electron chi connectivity index (χ3n) is 2.59. The van der Waals surface area contributed by atoms with Crippen LogP contribution < -0.4 is 5.73 Å². The van der Waals surface area contributed by atoms with Crippen molar-refractivity contribution >= 4 is 38.8 Å². The van der Waals surface area contributed by atoms with Crippen molar-refractivity contribution in [3.8, 4) is 10.6 Å². The Bertz CT molecular complexity index is 739. The molecular weight excluding hydrogens is 271 g/mol. The average Bonchev–Trinajstić information content (AvgIpc) is 2.71. The fraction of sp³-hybridized carbons (Fsp3) is 0. The second-order valence-corrected chi connectivity index (χ2v) is 5.33. The molecule has 1 aromatic heterocycles. The van der Waals surface area contributed by atoms with E-state index < -0.39 is 0 Å². The minimum absolute atomic E-state index is 0.262. The number of hydrogen-bond acceptors (Lipinski definition) is 3. The molecule has 0 unspecified atom stereocenters. The van der Waals surface area contributed by atoms with Crippen molar-refractivity contribution in [2.75, 3.05) is 5.73 Å². The van der Waals surface area contributed by atoms with Crippen LogP contribution in [0.3, 0.4) is 0 Å². The summed E-state index contributed by atoms with van der Waals surface area (Å²) in [5.41, 5.74) is 8.07. The second kappa shape index (κ2) is 4.23. The second-order valence-electron chi connectivity index (χ2n) is 3.86. The van der Waals surface area contributed by atoms with Gasteiger partial charge < -0.3 is 5.73 Å². The summed E-state index contributed by atoms with van der Waals surface area (Å²) in [5.74, 6) is -0.262. The molecule has 3 aromatic rings. The molecule has 2 N–H and O–H groups in total. The third-order valence-corrected chi connectivity index (χ3v) is 3.88. The predicted molar refractivity (Wildman–Crippen MR) is 74.4 cm³/mol. The molecular formula is C13H8ClFN2S. The molecule has 0 atom stereocenters. The fourth-order valence-electron chi connectivity index (χ4n) is 1.74. The van der Waals surface area contributed by atoms with Crippen LogP contribution in [0.15, 0.2) is 36.4 Å². The van der Waals surface area contributed by atoms with Crippen LogP contribution in [0.4, 0.5) is 10.1 Å². The first-order chi connectivity index (χ1) is 8.63. The Morgan fingerprint density at radius 1 is 1.17 bits per heavy atom. The molecule has 0 saturated heterocycles. The van der Waals surface area contributed by atoms with Crippen molar-refractivity contribution in [1.29, 1.82) is 0 Å². The van der Waals surface area contributed by atoms with Crippen molar-refractivity contribution in [2.24, 2.45) is 0 Å². The first-order valence-electron chi connectivity index (χ1n) is 5.25. The van der Waals surface area contributed by atoms with E-state index in [0.717, 1.165) is 20.8 Å². The van der Waals surface area contributed by atoms with Crippen LogP contribution in [0.2, 0.25) is 5.02 Å². The van der Waals surface area contributed by atoms with E-state index in [4.69, 9.17) is 17.3 Å². The lowest BCUT2D eigenvalue weighted by Crippen LogP contribution is -1.88. The molecule has 2 nitrogen and oxygen atoms in total. The van der Waals surface area contributed by atoms with Crippen molar-refractivity contribution in [1.82, 2.24) is 4.98 Å². The number of halogens is 2. The summed E-state index contributed by atoms with van der Waals surface area (Å²) in [6.45, 7) is 0. The zero-order valence-electron chi connectivity index (χ0n) is 9.15. The zero-order valence-corrected chi connectivity index (χ0v) is 10.7. The predicted octanol–water partition coefficient (Wildman–Crippen LogP) is 4.34. The van der Waals surface area contributed by atoms with Gasteiger partial charge >= 0.3 is 0 Å². The van der Waals surface area contributed by atoms with E-state index in [2.05, 4.69) is 4.98 Å². The summed E-state index contributed by atoms with van der Waals surface area (Å²) in [5, 5.41) is 1.35. The smallest absolute Gasteiger partial charge is 0.126 e. The molecule has 0 aliphatic carbocycles. The molecule has 5 heteroatoms. The van der Waals surface area contributed by atoms with Gasteiger partial charge in [0.2, 0.25) is 0 Å². The highest BCUT2D eigenvalue weighted by atomic mass is 35.5. The summed E-state index contributed by atoms with van der Waals surface area (Å²) in [6.07, 6.45) is 0. The van der Waals surface area contributed by atoms with Crippen LogP contribution in [0, 0.1) is 5.82 Å². The van der Waals surface area contributed by atoms with Gasteiger partial charge in [-0.25, -0.2) is 9.37 Å². The largest absolute Gasteiger partial charge is 0.398 e. The fourth-order valence-corrected chi connectivity index (χ4v) is 2.96. The van der Waals surface area contributed by atoms with Gasteiger partial charge in [0.05, 0.1) is 10.2 Å². The Balaban J connectivity index is 2.19. The van der Waals surface area contributed by atoms with E-state index >= 15 is 0 Å². The summed E-state index contributed by atoms with van der Waals surface area (Å²) in [7, 11) is 0. The first kappa shape index (κ1) is 11.4. The Hall–Kier alpha value is -1.65. The molecule has 18 heavy (non-hydrogen) atoms. The number of nitrogen functional groups attached to an aromatic ring is 1. The normalized spacial score (nSPS) is 11.0. The van der Waals surface area contributed by atoms with Gasteiger partial charge in [-0.15, -0.1) is 11.3 Å². The molecule has 0 saturated carbocycles. The number of rotatable bonds is 1. The van der Waals surface area contributed by atoms with Crippen LogP contribution in [-0.4, -0.2) is 4.98 Å². The van der Waals surface area contributed by atoms with E-state index in [0.29, 0.717) is 10.7 Å². The Morgan fingerprint density at radius 2 is 2.00 bits per heavy atom. The standard InChI is InChI=1S/C13H8ClFN2S/c14-7-1-3-9(10(16)5-7)13-17-11-4-2-8(15)6-12(11)18-13/h1-6H,16H2. The number of nitrogens with two attached hydrogens (primary N) is 1. The van der Waals surface area contributed by atoms with Gasteiger partial charge in [0, 0.05) is 16.3 Å². The number of aromatic nitrogens is 1. The van der Waals surface area contributed by atoms with Crippen molar-refractivity contribution in [2.45, 2.75) is 0 Å². The number of fused-ring (bicyclic) bond motifs is 1. The molecule has 1 heterocycles. The minimum atomic E-state index is -0.262. The first-order valence-corrected chi connectivity index (χ1v) is 6.44. The topological polar surface area (TPSA) is 38.9 Å². The lowest BCUT2D eigenvalue weighted by Gasteiger charge is -2.01. The minimum Gasteiger partial charge on any atom is -0.398 e. The summed E-state index contributed by atoms with van der Waals surface area (Å²) in [6, 6.07) is 9.81. The molecule has 0 aliphatic rings. The molecule has 0 amide bonds. The van der Waals surface area contributed by atoms with E-state index in [-0.39, 0.29) is 5.82 Å². The van der Waals surface area contributed by atoms with Crippen molar-refractivity contribution in [3.63, 3.8) is 0 Å². The maximum absolute atomic E-state index is 13.1. The van der Waals surface area contributed by atoms with Crippen LogP contribution >= 0.6 is 22.9 Å². The van der Waals surface area contributed by atoms with Crippen LogP contribution in [0.5, 0.6) is 0 Å². The quantitative estimate of drug-likeness (QED) is 0.673. The highest BCUT2D eigenvalue weighted by Crippen LogP contribution is 2.34. The maximum Gasteiger partial charge on any atom is 0.126 e. The van der Waals surface area contributed by atoms with Gasteiger partial charge in [0.15, 0.2) is 0 Å². The number of thiazole rings is 1. The number of nitrogens with zero attached hydrogens (tertiary/aromatic N) is 1. The molecule has 0 bridgehead atoms. The van der Waals surface area contributed by atoms with Gasteiger partial charge in [0.1, 0.15) is 10.8 Å². The monoisotopic (exact) mass is 278 g/mol. The zero-order chi connectivity index (χ0) is 12.7. The van der Waals surface area contributed by atoms with Crippen molar-refractivity contribution < 1.29 is 4.39 Å². The molecule has 3 rings (SSSR count). The van der Waals surface area contributed by atoms with E-state index in [1.54, 1.807) is 18.2 Å². The average molecular weight is 279 g/mol. The summed E-state index contributed by atoms with van der Waals surface area (Å²) in [4.78, 5) is 4.44. The Labute approximate surface area is 112 Å². The molecule has 0 fully saturated rings. The van der Waals surface area contributed by atoms with Gasteiger partial charge in [-0.1, -0.05) is 11.6 Å². The molecule has 0 radical (unpaired) electrons. The van der Waals surface area contributed by atoms with E-state index in [1.165, 1.54) is 23.5 Å². The highest BCUT2D eigenvalue weighted by molar-refractivity contribution is 7.21. The van der Waals surface area contributed by atoms with Crippen LogP contribution in [0.1, 0.15) is 0 Å². The number of anilines is 1. The van der Waals surface area contributed by atoms with Crippen LogP contribution in [-0.2, 0) is 0 Å². The van der Waals surface area contributed by atoms with Gasteiger partial charge in [-0.3, -0.25) is 0 Å². The lowest BCUT2D eigenvalue weighted by molar-refractivity contribution is 0.630. The van der Waals surface area contributed by atoms with Crippen molar-refractivity contribution in [3.05, 3.63) is 47.2 Å². The third kappa shape index (κ3) is 1.94. The molecule has 0 aliphatic heterocycles. The SMILES string of the molecule is Nc1cc(Cl)ccc1-c1nc2ccc(F)cc2s1. The van der Waals surface area contributed by atoms with Gasteiger partial charge in [0.25, 0.3) is 0 Å². The maximum atomic E-state index is 13.1. The Morgan fingerprint density at radius 3 is 2.78 bits per heavy atom. The van der Waals surface area contributed by atoms with E-state index in [9.17, 15) is 4.39 Å². The van der Waals surface area contributed by atoms with Gasteiger partial charge in [-0.05, 0) is 36.4 Å². The van der Waals surface area contributed by atoms with Gasteiger partial charge in [-0.2, -0.15) is 0 Å².